The van der Waals surface area contributed by atoms with E-state index in [0.717, 1.165) is 52.4 Å². The lowest BCUT2D eigenvalue weighted by Crippen LogP contribution is -2.46. The largest absolute Gasteiger partial charge is 0.508 e. The molecule has 2 aliphatic rings. The highest BCUT2D eigenvalue weighted by Gasteiger charge is 2.35. The molecule has 4 nitrogen and oxygen atoms in total. The summed E-state index contributed by atoms with van der Waals surface area (Å²) in [5.41, 5.74) is 3.19. The van der Waals surface area contributed by atoms with Crippen LogP contribution in [0.25, 0.3) is 0 Å². The monoisotopic (exact) mass is 480 g/mol. The molecular weight excluding hydrogens is 460 g/mol. The van der Waals surface area contributed by atoms with Crippen molar-refractivity contribution in [1.29, 1.82) is 0 Å². The first-order chi connectivity index (χ1) is 12.5. The summed E-state index contributed by atoms with van der Waals surface area (Å²) in [6.07, 6.45) is 3.34. The fraction of sp³-hybridized carbons (Fsp3) is 0.400. The zero-order valence-corrected chi connectivity index (χ0v) is 17.5. The minimum Gasteiger partial charge on any atom is -0.508 e. The van der Waals surface area contributed by atoms with E-state index in [2.05, 4.69) is 48.1 Å². The van der Waals surface area contributed by atoms with Crippen LogP contribution in [0.4, 0.5) is 5.69 Å². The SMILES string of the molecule is Oc1ccccc1C1Nc2c(Br)cc(Br)cc2CN1C1CCC(O)CC1. The smallest absolute Gasteiger partial charge is 0.122 e. The average molecular weight is 482 g/mol. The average Bonchev–Trinajstić information content (AvgIpc) is 2.62. The van der Waals surface area contributed by atoms with Crippen molar-refractivity contribution in [1.82, 2.24) is 4.90 Å². The maximum Gasteiger partial charge on any atom is 0.122 e. The van der Waals surface area contributed by atoms with Crippen molar-refractivity contribution in [3.8, 4) is 5.75 Å². The molecule has 6 heteroatoms. The van der Waals surface area contributed by atoms with Crippen molar-refractivity contribution in [2.75, 3.05) is 5.32 Å². The normalized spacial score (nSPS) is 26.2. The van der Waals surface area contributed by atoms with Crippen LogP contribution in [0.1, 0.15) is 43.0 Å². The Kier molecular flexibility index (Phi) is 5.28. The second kappa shape index (κ2) is 7.50. The van der Waals surface area contributed by atoms with Gasteiger partial charge in [0.1, 0.15) is 11.9 Å². The molecule has 138 valence electrons. The summed E-state index contributed by atoms with van der Waals surface area (Å²) in [6, 6.07) is 12.1. The maximum absolute atomic E-state index is 10.5. The molecule has 2 aromatic carbocycles. The van der Waals surface area contributed by atoms with E-state index in [1.807, 2.05) is 24.3 Å². The molecule has 1 aliphatic heterocycles. The zero-order valence-electron chi connectivity index (χ0n) is 14.3. The number of para-hydroxylation sites is 1. The third-order valence-electron chi connectivity index (χ3n) is 5.47. The highest BCUT2D eigenvalue weighted by Crippen LogP contribution is 2.43. The van der Waals surface area contributed by atoms with E-state index in [1.54, 1.807) is 6.07 Å². The predicted molar refractivity (Wildman–Crippen MR) is 110 cm³/mol. The lowest BCUT2D eigenvalue weighted by Gasteiger charge is -2.45. The Labute approximate surface area is 170 Å². The molecule has 1 saturated carbocycles. The number of aliphatic hydroxyl groups excluding tert-OH is 1. The van der Waals surface area contributed by atoms with Gasteiger partial charge < -0.3 is 15.5 Å². The van der Waals surface area contributed by atoms with Gasteiger partial charge in [-0.3, -0.25) is 4.90 Å². The number of phenols is 1. The topological polar surface area (TPSA) is 55.7 Å². The number of rotatable bonds is 2. The van der Waals surface area contributed by atoms with E-state index >= 15 is 0 Å². The number of aromatic hydroxyl groups is 1. The molecule has 0 saturated heterocycles. The first-order valence-corrected chi connectivity index (χ1v) is 10.6. The first kappa shape index (κ1) is 18.3. The van der Waals surface area contributed by atoms with Gasteiger partial charge in [0.05, 0.1) is 11.8 Å². The predicted octanol–water partition coefficient (Wildman–Crippen LogP) is 5.15. The first-order valence-electron chi connectivity index (χ1n) is 8.99. The van der Waals surface area contributed by atoms with Gasteiger partial charge in [-0.1, -0.05) is 34.1 Å². The van der Waals surface area contributed by atoms with Gasteiger partial charge in [0.2, 0.25) is 0 Å². The molecule has 0 amide bonds. The van der Waals surface area contributed by atoms with Gasteiger partial charge in [-0.25, -0.2) is 0 Å². The van der Waals surface area contributed by atoms with E-state index in [1.165, 1.54) is 5.56 Å². The molecule has 2 aromatic rings. The number of nitrogens with one attached hydrogen (secondary N) is 1. The molecular formula is C20H22Br2N2O2. The number of anilines is 1. The summed E-state index contributed by atoms with van der Waals surface area (Å²) >= 11 is 7.26. The Morgan fingerprint density at radius 2 is 1.77 bits per heavy atom. The van der Waals surface area contributed by atoms with Gasteiger partial charge in [-0.05, 0) is 65.4 Å². The van der Waals surface area contributed by atoms with E-state index in [4.69, 9.17) is 0 Å². The summed E-state index contributed by atoms with van der Waals surface area (Å²) in [4.78, 5) is 2.43. The Morgan fingerprint density at radius 1 is 1.04 bits per heavy atom. The summed E-state index contributed by atoms with van der Waals surface area (Å²) in [6.45, 7) is 0.806. The quantitative estimate of drug-likeness (QED) is 0.555. The van der Waals surface area contributed by atoms with Crippen LogP contribution in [-0.2, 0) is 6.54 Å². The van der Waals surface area contributed by atoms with Gasteiger partial charge >= 0.3 is 0 Å². The highest BCUT2D eigenvalue weighted by atomic mass is 79.9. The van der Waals surface area contributed by atoms with Crippen molar-refractivity contribution in [3.63, 3.8) is 0 Å². The highest BCUT2D eigenvalue weighted by molar-refractivity contribution is 9.11. The fourth-order valence-electron chi connectivity index (χ4n) is 4.13. The Bertz CT molecular complexity index is 806. The molecule has 0 bridgehead atoms. The van der Waals surface area contributed by atoms with Gasteiger partial charge in [-0.2, -0.15) is 0 Å². The molecule has 0 radical (unpaired) electrons. The minimum atomic E-state index is -0.178. The molecule has 3 N–H and O–H groups in total. The number of nitrogens with zero attached hydrogens (tertiary/aromatic N) is 1. The van der Waals surface area contributed by atoms with Crippen molar-refractivity contribution in [3.05, 3.63) is 56.5 Å². The van der Waals surface area contributed by atoms with Gasteiger partial charge in [0.25, 0.3) is 0 Å². The standard InChI is InChI=1S/C20H22Br2N2O2/c21-13-9-12-11-24(14-5-7-15(25)8-6-14)20(23-19(12)17(22)10-13)16-3-1-2-4-18(16)26/h1-4,9-10,14-15,20,23,25-26H,5-8,11H2. The Morgan fingerprint density at radius 3 is 2.50 bits per heavy atom. The van der Waals surface area contributed by atoms with Crippen LogP contribution in [0, 0.1) is 0 Å². The molecule has 4 rings (SSSR count). The number of fused-ring (bicyclic) bond motifs is 1. The van der Waals surface area contributed by atoms with Crippen molar-refractivity contribution in [2.45, 2.75) is 50.5 Å². The van der Waals surface area contributed by atoms with Crippen LogP contribution in [-0.4, -0.2) is 27.3 Å². The van der Waals surface area contributed by atoms with Crippen LogP contribution < -0.4 is 5.32 Å². The number of aliphatic hydroxyl groups is 1. The summed E-state index contributed by atoms with van der Waals surface area (Å²) in [7, 11) is 0. The van der Waals surface area contributed by atoms with Crippen LogP contribution in [0.5, 0.6) is 5.75 Å². The number of phenolic OH excluding ortho intramolecular Hbond substituents is 1. The molecule has 0 spiro atoms. The molecule has 1 aliphatic carbocycles. The molecule has 1 atom stereocenters. The van der Waals surface area contributed by atoms with Crippen molar-refractivity contribution >= 4 is 37.5 Å². The molecule has 0 aromatic heterocycles. The summed E-state index contributed by atoms with van der Waals surface area (Å²) < 4.78 is 2.06. The Balaban J connectivity index is 1.74. The maximum atomic E-state index is 10.5. The molecule has 1 unspecified atom stereocenters. The number of halogens is 2. The number of benzene rings is 2. The molecule has 1 heterocycles. The van der Waals surface area contributed by atoms with Crippen molar-refractivity contribution in [2.24, 2.45) is 0 Å². The van der Waals surface area contributed by atoms with Gasteiger partial charge in [-0.15, -0.1) is 0 Å². The van der Waals surface area contributed by atoms with Crippen LogP contribution in [0.3, 0.4) is 0 Å². The number of hydrogen-bond acceptors (Lipinski definition) is 4. The van der Waals surface area contributed by atoms with Crippen LogP contribution in [0.2, 0.25) is 0 Å². The molecule has 26 heavy (non-hydrogen) atoms. The van der Waals surface area contributed by atoms with Crippen molar-refractivity contribution < 1.29 is 10.2 Å². The second-order valence-electron chi connectivity index (χ2n) is 7.16. The van der Waals surface area contributed by atoms with Gasteiger partial charge in [0, 0.05) is 27.1 Å². The molecule has 1 fully saturated rings. The van der Waals surface area contributed by atoms with E-state index in [9.17, 15) is 10.2 Å². The lowest BCUT2D eigenvalue weighted by molar-refractivity contribution is 0.0493. The van der Waals surface area contributed by atoms with E-state index < -0.39 is 0 Å². The summed E-state index contributed by atoms with van der Waals surface area (Å²) in [5, 5.41) is 24.0. The minimum absolute atomic E-state index is 0.0959. The third kappa shape index (κ3) is 3.52. The zero-order chi connectivity index (χ0) is 18.3. The lowest BCUT2D eigenvalue weighted by atomic mass is 9.90. The van der Waals surface area contributed by atoms with Gasteiger partial charge in [0.15, 0.2) is 0 Å². The van der Waals surface area contributed by atoms with E-state index in [0.29, 0.717) is 11.8 Å². The van der Waals surface area contributed by atoms with Crippen LogP contribution in [0.15, 0.2) is 45.3 Å². The third-order valence-corrected chi connectivity index (χ3v) is 6.55. The van der Waals surface area contributed by atoms with E-state index in [-0.39, 0.29) is 12.3 Å². The number of hydrogen-bond donors (Lipinski definition) is 3. The second-order valence-corrected chi connectivity index (χ2v) is 8.93. The Hall–Kier alpha value is -1.08. The fourth-order valence-corrected chi connectivity index (χ4v) is 5.55. The summed E-state index contributed by atoms with van der Waals surface area (Å²) in [5.74, 6) is 0.308. The van der Waals surface area contributed by atoms with Crippen LogP contribution >= 0.6 is 31.9 Å².